The summed E-state index contributed by atoms with van der Waals surface area (Å²) in [7, 11) is 1.54. The highest BCUT2D eigenvalue weighted by Gasteiger charge is 2.34. The summed E-state index contributed by atoms with van der Waals surface area (Å²) in [4.78, 5) is 43.0. The normalized spacial score (nSPS) is 15.3. The van der Waals surface area contributed by atoms with E-state index in [1.807, 2.05) is 18.2 Å². The van der Waals surface area contributed by atoms with Crippen molar-refractivity contribution in [2.24, 2.45) is 4.99 Å². The average Bonchev–Trinajstić information content (AvgIpc) is 3.12. The van der Waals surface area contributed by atoms with Gasteiger partial charge >= 0.3 is 11.9 Å². The Labute approximate surface area is 205 Å². The van der Waals surface area contributed by atoms with Gasteiger partial charge in [0, 0.05) is 12.5 Å². The second kappa shape index (κ2) is 10.1. The number of nitrogens with zero attached hydrogens (tertiary/aromatic N) is 2. The first-order chi connectivity index (χ1) is 16.8. The Morgan fingerprint density at radius 3 is 2.66 bits per heavy atom. The van der Waals surface area contributed by atoms with E-state index in [0.717, 1.165) is 0 Å². The molecule has 2 aromatic carbocycles. The number of esters is 2. The van der Waals surface area contributed by atoms with Crippen molar-refractivity contribution < 1.29 is 23.8 Å². The number of rotatable bonds is 6. The van der Waals surface area contributed by atoms with Crippen LogP contribution in [0.1, 0.15) is 37.9 Å². The van der Waals surface area contributed by atoms with Crippen molar-refractivity contribution in [3.63, 3.8) is 0 Å². The number of aromatic nitrogens is 1. The smallest absolute Gasteiger partial charge is 0.338 e. The number of allylic oxidation sites excluding steroid dienone is 1. The molecule has 0 saturated carbocycles. The van der Waals surface area contributed by atoms with Crippen LogP contribution in [0, 0.1) is 0 Å². The molecule has 35 heavy (non-hydrogen) atoms. The second-order valence-corrected chi connectivity index (χ2v) is 8.72. The Morgan fingerprint density at radius 2 is 1.94 bits per heavy atom. The van der Waals surface area contributed by atoms with E-state index in [2.05, 4.69) is 4.99 Å². The maximum absolute atomic E-state index is 13.7. The lowest BCUT2D eigenvalue weighted by Gasteiger charge is -2.25. The fourth-order valence-corrected chi connectivity index (χ4v) is 5.01. The first-order valence-corrected chi connectivity index (χ1v) is 11.8. The summed E-state index contributed by atoms with van der Waals surface area (Å²) in [5.74, 6) is -0.0441. The molecule has 0 N–H and O–H groups in total. The Kier molecular flexibility index (Phi) is 6.97. The van der Waals surface area contributed by atoms with Crippen molar-refractivity contribution in [2.75, 3.05) is 13.7 Å². The summed E-state index contributed by atoms with van der Waals surface area (Å²) in [5.41, 5.74) is 1.79. The molecule has 0 fully saturated rings. The average molecular weight is 493 g/mol. The molecule has 9 heteroatoms. The van der Waals surface area contributed by atoms with Gasteiger partial charge in [0.15, 0.2) is 4.80 Å². The molecular formula is C26H24N2O6S. The van der Waals surface area contributed by atoms with Crippen LogP contribution in [0.3, 0.4) is 0 Å². The zero-order chi connectivity index (χ0) is 25.1. The van der Waals surface area contributed by atoms with Crippen LogP contribution < -0.4 is 24.4 Å². The fourth-order valence-electron chi connectivity index (χ4n) is 3.96. The Bertz CT molecular complexity index is 1520. The van der Waals surface area contributed by atoms with E-state index in [-0.39, 0.29) is 17.7 Å². The zero-order valence-electron chi connectivity index (χ0n) is 19.7. The predicted molar refractivity (Wildman–Crippen MR) is 131 cm³/mol. The van der Waals surface area contributed by atoms with Gasteiger partial charge in [-0.3, -0.25) is 14.2 Å². The molecule has 4 rings (SSSR count). The molecule has 180 valence electrons. The monoisotopic (exact) mass is 492 g/mol. The van der Waals surface area contributed by atoms with Crippen LogP contribution >= 0.6 is 11.3 Å². The molecule has 1 atom stereocenters. The second-order valence-electron chi connectivity index (χ2n) is 7.71. The number of carbonyl (C=O) groups excluding carboxylic acids is 2. The van der Waals surface area contributed by atoms with Crippen LogP contribution in [-0.4, -0.2) is 30.2 Å². The van der Waals surface area contributed by atoms with E-state index < -0.39 is 18.0 Å². The Morgan fingerprint density at radius 1 is 1.17 bits per heavy atom. The topological polar surface area (TPSA) is 96.2 Å². The van der Waals surface area contributed by atoms with Gasteiger partial charge in [0.25, 0.3) is 5.56 Å². The van der Waals surface area contributed by atoms with Gasteiger partial charge in [-0.2, -0.15) is 0 Å². The highest BCUT2D eigenvalue weighted by Crippen LogP contribution is 2.35. The first kappa shape index (κ1) is 24.2. The van der Waals surface area contributed by atoms with E-state index in [0.29, 0.717) is 37.7 Å². The number of benzene rings is 2. The lowest BCUT2D eigenvalue weighted by Crippen LogP contribution is -2.40. The number of thiazole rings is 1. The number of ether oxygens (including phenoxy) is 3. The molecule has 2 heterocycles. The van der Waals surface area contributed by atoms with Crippen LogP contribution in [0.15, 0.2) is 69.6 Å². The summed E-state index contributed by atoms with van der Waals surface area (Å²) >= 11 is 1.21. The lowest BCUT2D eigenvalue weighted by atomic mass is 9.95. The molecule has 1 aliphatic heterocycles. The van der Waals surface area contributed by atoms with Crippen molar-refractivity contribution in [1.82, 2.24) is 4.57 Å². The standard InChI is InChI=1S/C26H24N2O6S/c1-5-33-25(31)22-15(2)27-26-28(23(22)19-11-6-7-12-20(19)32-4)24(30)21(35-26)14-17-9-8-10-18(13-17)34-16(3)29/h6-14,23H,5H2,1-4H3/b21-14-/t23-/m0/s1. The molecular weight excluding hydrogens is 468 g/mol. The summed E-state index contributed by atoms with van der Waals surface area (Å²) in [6, 6.07) is 13.4. The summed E-state index contributed by atoms with van der Waals surface area (Å²) in [6.45, 7) is 4.98. The third-order valence-corrected chi connectivity index (χ3v) is 6.35. The third-order valence-electron chi connectivity index (χ3n) is 5.37. The SMILES string of the molecule is CCOC(=O)C1=C(C)N=c2s/c(=C\c3cccc(OC(C)=O)c3)c(=O)n2[C@H]1c1ccccc1OC. The predicted octanol–water partition coefficient (Wildman–Crippen LogP) is 2.73. The number of hydrogen-bond acceptors (Lipinski definition) is 8. The van der Waals surface area contributed by atoms with Crippen LogP contribution in [0.4, 0.5) is 0 Å². The molecule has 0 saturated heterocycles. The summed E-state index contributed by atoms with van der Waals surface area (Å²) in [5, 5.41) is 0. The molecule has 0 amide bonds. The lowest BCUT2D eigenvalue weighted by molar-refractivity contribution is -0.139. The minimum Gasteiger partial charge on any atom is -0.496 e. The molecule has 0 aliphatic carbocycles. The van der Waals surface area contributed by atoms with Crippen molar-refractivity contribution >= 4 is 29.4 Å². The highest BCUT2D eigenvalue weighted by molar-refractivity contribution is 7.07. The number of fused-ring (bicyclic) bond motifs is 1. The van der Waals surface area contributed by atoms with Gasteiger partial charge in [-0.15, -0.1) is 0 Å². The molecule has 8 nitrogen and oxygen atoms in total. The number of carbonyl (C=O) groups is 2. The molecule has 1 aromatic heterocycles. The minimum absolute atomic E-state index is 0.192. The van der Waals surface area contributed by atoms with E-state index in [1.54, 1.807) is 57.4 Å². The number of hydrogen-bond donors (Lipinski definition) is 0. The van der Waals surface area contributed by atoms with Gasteiger partial charge in [0.1, 0.15) is 17.5 Å². The van der Waals surface area contributed by atoms with Crippen LogP contribution in [0.2, 0.25) is 0 Å². The van der Waals surface area contributed by atoms with E-state index >= 15 is 0 Å². The number of methoxy groups -OCH3 is 1. The first-order valence-electron chi connectivity index (χ1n) is 10.9. The van der Waals surface area contributed by atoms with E-state index in [1.165, 1.54) is 22.8 Å². The van der Waals surface area contributed by atoms with Gasteiger partial charge in [0.2, 0.25) is 0 Å². The maximum Gasteiger partial charge on any atom is 0.338 e. The summed E-state index contributed by atoms with van der Waals surface area (Å²) in [6.07, 6.45) is 1.71. The van der Waals surface area contributed by atoms with E-state index in [4.69, 9.17) is 14.2 Å². The fraction of sp³-hybridized carbons (Fsp3) is 0.231. The van der Waals surface area contributed by atoms with Gasteiger partial charge in [-0.25, -0.2) is 9.79 Å². The van der Waals surface area contributed by atoms with Crippen LogP contribution in [-0.2, 0) is 14.3 Å². The molecule has 0 bridgehead atoms. The van der Waals surface area contributed by atoms with Crippen LogP contribution in [0.25, 0.3) is 6.08 Å². The van der Waals surface area contributed by atoms with Gasteiger partial charge in [0.05, 0.1) is 29.5 Å². The van der Waals surface area contributed by atoms with Gasteiger partial charge in [-0.1, -0.05) is 41.7 Å². The Balaban J connectivity index is 1.93. The summed E-state index contributed by atoms with van der Waals surface area (Å²) < 4.78 is 18.0. The van der Waals surface area contributed by atoms with Crippen LogP contribution in [0.5, 0.6) is 11.5 Å². The van der Waals surface area contributed by atoms with Crippen molar-refractivity contribution in [1.29, 1.82) is 0 Å². The zero-order valence-corrected chi connectivity index (χ0v) is 20.5. The van der Waals surface area contributed by atoms with Gasteiger partial charge < -0.3 is 14.2 Å². The molecule has 0 spiro atoms. The minimum atomic E-state index is -0.768. The largest absolute Gasteiger partial charge is 0.496 e. The third kappa shape index (κ3) is 4.81. The van der Waals surface area contributed by atoms with Crippen molar-refractivity contribution in [3.8, 4) is 11.5 Å². The maximum atomic E-state index is 13.7. The molecule has 3 aromatic rings. The van der Waals surface area contributed by atoms with Crippen molar-refractivity contribution in [2.45, 2.75) is 26.8 Å². The number of para-hydroxylation sites is 1. The van der Waals surface area contributed by atoms with Gasteiger partial charge in [-0.05, 0) is 43.7 Å². The molecule has 1 aliphatic rings. The highest BCUT2D eigenvalue weighted by atomic mass is 32.1. The molecule has 0 unspecified atom stereocenters. The Hall–Kier alpha value is -3.98. The quantitative estimate of drug-likeness (QED) is 0.388. The molecule has 0 radical (unpaired) electrons. The van der Waals surface area contributed by atoms with E-state index in [9.17, 15) is 14.4 Å². The van der Waals surface area contributed by atoms with Crippen molar-refractivity contribution in [3.05, 3.63) is 90.6 Å².